The van der Waals surface area contributed by atoms with E-state index in [0.29, 0.717) is 15.9 Å². The quantitative estimate of drug-likeness (QED) is 0.305. The van der Waals surface area contributed by atoms with Crippen molar-refractivity contribution in [1.29, 1.82) is 0 Å². The molecule has 0 unspecified atom stereocenters. The van der Waals surface area contributed by atoms with Crippen LogP contribution < -0.4 is 0 Å². The minimum atomic E-state index is 0.500. The van der Waals surface area contributed by atoms with Crippen LogP contribution >= 0.6 is 58.0 Å². The van der Waals surface area contributed by atoms with Crippen LogP contribution in [0.2, 0.25) is 10.0 Å². The summed E-state index contributed by atoms with van der Waals surface area (Å²) in [6, 6.07) is 5.38. The van der Waals surface area contributed by atoms with Crippen LogP contribution in [0.4, 0.5) is 5.82 Å². The van der Waals surface area contributed by atoms with Crippen LogP contribution in [0.25, 0.3) is 10.8 Å². The fourth-order valence-electron chi connectivity index (χ4n) is 1.34. The fraction of sp³-hybridized carbons (Fsp3) is 0. The molecule has 0 bridgehead atoms. The third-order valence-electron chi connectivity index (χ3n) is 2.00. The van der Waals surface area contributed by atoms with Gasteiger partial charge in [0.05, 0.1) is 15.2 Å². The van der Waals surface area contributed by atoms with Crippen molar-refractivity contribution in [1.82, 2.24) is 4.98 Å². The van der Waals surface area contributed by atoms with Gasteiger partial charge in [0.25, 0.3) is 0 Å². The molecule has 0 aliphatic heterocycles. The van der Waals surface area contributed by atoms with Gasteiger partial charge in [0.1, 0.15) is 3.70 Å². The monoisotopic (exact) mass is 380 g/mol. The Morgan fingerprint density at radius 2 is 2.06 bits per heavy atom. The van der Waals surface area contributed by atoms with Crippen LogP contribution in [0, 0.1) is 3.70 Å². The summed E-state index contributed by atoms with van der Waals surface area (Å²) in [6.45, 7) is 0. The van der Waals surface area contributed by atoms with E-state index in [1.165, 1.54) is 0 Å². The van der Waals surface area contributed by atoms with Crippen molar-refractivity contribution in [3.05, 3.63) is 31.9 Å². The summed E-state index contributed by atoms with van der Waals surface area (Å²) in [5.41, 5.74) is 0. The van der Waals surface area contributed by atoms with Gasteiger partial charge in [0.15, 0.2) is 5.82 Å². The molecule has 0 fully saturated rings. The number of aromatic nitrogens is 1. The van der Waals surface area contributed by atoms with Crippen molar-refractivity contribution in [3.63, 3.8) is 0 Å². The second kappa shape index (κ2) is 4.94. The van der Waals surface area contributed by atoms with Gasteiger partial charge in [-0.2, -0.15) is 4.99 Å². The van der Waals surface area contributed by atoms with Gasteiger partial charge >= 0.3 is 0 Å². The van der Waals surface area contributed by atoms with Gasteiger partial charge in [-0.05, 0) is 53.0 Å². The van der Waals surface area contributed by atoms with E-state index in [4.69, 9.17) is 23.2 Å². The second-order valence-electron chi connectivity index (χ2n) is 2.93. The highest BCUT2D eigenvalue weighted by molar-refractivity contribution is 14.1. The molecule has 1 heterocycles. The fourth-order valence-corrected chi connectivity index (χ4v) is 2.35. The number of thiocarbonyl (C=S) groups is 1. The Balaban J connectivity index is 2.94. The van der Waals surface area contributed by atoms with Crippen LogP contribution in [-0.4, -0.2) is 10.1 Å². The zero-order valence-corrected chi connectivity index (χ0v) is 12.2. The molecule has 0 amide bonds. The molecule has 80 valence electrons. The lowest BCUT2D eigenvalue weighted by Gasteiger charge is -2.05. The van der Waals surface area contributed by atoms with Gasteiger partial charge in [-0.15, -0.1) is 0 Å². The second-order valence-corrected chi connectivity index (χ2v) is 5.00. The third-order valence-corrected chi connectivity index (χ3v) is 3.46. The number of fused-ring (bicyclic) bond motifs is 1. The zero-order chi connectivity index (χ0) is 11.7. The average Bonchev–Trinajstić information content (AvgIpc) is 2.24. The van der Waals surface area contributed by atoms with Crippen LogP contribution in [0.3, 0.4) is 0 Å². The van der Waals surface area contributed by atoms with E-state index in [2.05, 4.69) is 49.9 Å². The highest BCUT2D eigenvalue weighted by Gasteiger charge is 2.09. The number of pyridine rings is 1. The molecule has 0 aliphatic rings. The molecule has 16 heavy (non-hydrogen) atoms. The molecule has 2 aromatic rings. The van der Waals surface area contributed by atoms with E-state index < -0.39 is 0 Å². The summed E-state index contributed by atoms with van der Waals surface area (Å²) in [7, 11) is 0. The number of halogens is 3. The number of benzene rings is 1. The minimum absolute atomic E-state index is 0.500. The van der Waals surface area contributed by atoms with Gasteiger partial charge in [0, 0.05) is 10.8 Å². The third kappa shape index (κ3) is 2.21. The van der Waals surface area contributed by atoms with Crippen LogP contribution in [0.1, 0.15) is 0 Å². The molecule has 0 saturated heterocycles. The van der Waals surface area contributed by atoms with E-state index >= 15 is 0 Å². The number of isothiocyanates is 1. The summed E-state index contributed by atoms with van der Waals surface area (Å²) in [6.07, 6.45) is 0. The lowest BCUT2D eigenvalue weighted by atomic mass is 10.1. The Hall–Kier alpha value is -0.260. The highest BCUT2D eigenvalue weighted by Crippen LogP contribution is 2.35. The average molecular weight is 381 g/mol. The van der Waals surface area contributed by atoms with Crippen molar-refractivity contribution in [2.75, 3.05) is 0 Å². The molecule has 2 rings (SSSR count). The van der Waals surface area contributed by atoms with Crippen LogP contribution in [0.5, 0.6) is 0 Å². The maximum atomic E-state index is 6.12. The lowest BCUT2D eigenvalue weighted by molar-refractivity contribution is 1.27. The molecular weight excluding hydrogens is 378 g/mol. The predicted octanol–water partition coefficient (Wildman–Crippen LogP) is 4.88. The van der Waals surface area contributed by atoms with Crippen molar-refractivity contribution in [2.24, 2.45) is 4.99 Å². The maximum Gasteiger partial charge on any atom is 0.171 e. The summed E-state index contributed by atoms with van der Waals surface area (Å²) in [5.74, 6) is 0.510. The molecule has 6 heteroatoms. The first-order chi connectivity index (χ1) is 7.63. The van der Waals surface area contributed by atoms with E-state index in [-0.39, 0.29) is 0 Å². The Kier molecular flexibility index (Phi) is 3.77. The normalized spacial score (nSPS) is 10.2. The van der Waals surface area contributed by atoms with Crippen molar-refractivity contribution < 1.29 is 0 Å². The molecular formula is C10H3Cl2IN2S. The number of hydrogen-bond donors (Lipinski definition) is 0. The number of rotatable bonds is 1. The molecule has 0 aliphatic carbocycles. The SMILES string of the molecule is S=C=Nc1nc(I)cc2c(Cl)c(Cl)ccc12. The summed E-state index contributed by atoms with van der Waals surface area (Å²) in [5, 5.41) is 4.94. The Labute approximate surface area is 121 Å². The highest BCUT2D eigenvalue weighted by atomic mass is 127. The van der Waals surface area contributed by atoms with Gasteiger partial charge < -0.3 is 0 Å². The molecule has 0 radical (unpaired) electrons. The van der Waals surface area contributed by atoms with Gasteiger partial charge in [-0.1, -0.05) is 23.2 Å². The Morgan fingerprint density at radius 3 is 2.75 bits per heavy atom. The molecule has 1 aromatic carbocycles. The first-order valence-corrected chi connectivity index (χ1v) is 6.40. The summed E-state index contributed by atoms with van der Waals surface area (Å²) >= 11 is 18.7. The minimum Gasteiger partial charge on any atom is -0.221 e. The summed E-state index contributed by atoms with van der Waals surface area (Å²) < 4.78 is 0.776. The molecule has 0 saturated carbocycles. The van der Waals surface area contributed by atoms with Gasteiger partial charge in [-0.25, -0.2) is 4.98 Å². The van der Waals surface area contributed by atoms with Crippen molar-refractivity contribution in [3.8, 4) is 0 Å². The van der Waals surface area contributed by atoms with E-state index in [9.17, 15) is 0 Å². The van der Waals surface area contributed by atoms with Crippen LogP contribution in [0.15, 0.2) is 23.2 Å². The Bertz CT molecular complexity index is 624. The molecule has 0 atom stereocenters. The first-order valence-electron chi connectivity index (χ1n) is 4.15. The van der Waals surface area contributed by atoms with Crippen molar-refractivity contribution in [2.45, 2.75) is 0 Å². The number of hydrogen-bond acceptors (Lipinski definition) is 3. The standard InChI is InChI=1S/C10H3Cl2IN2S/c11-7-2-1-5-6(9(7)12)3-8(13)15-10(5)14-4-16/h1-3H. The lowest BCUT2D eigenvalue weighted by Crippen LogP contribution is -1.85. The van der Waals surface area contributed by atoms with E-state index in [1.54, 1.807) is 6.07 Å². The topological polar surface area (TPSA) is 25.2 Å². The van der Waals surface area contributed by atoms with E-state index in [1.807, 2.05) is 12.1 Å². The number of nitrogens with zero attached hydrogens (tertiary/aromatic N) is 2. The predicted molar refractivity (Wildman–Crippen MR) is 79.2 cm³/mol. The van der Waals surface area contributed by atoms with E-state index in [0.717, 1.165) is 14.5 Å². The van der Waals surface area contributed by atoms with Gasteiger partial charge in [0.2, 0.25) is 0 Å². The largest absolute Gasteiger partial charge is 0.221 e. The van der Waals surface area contributed by atoms with Gasteiger partial charge in [-0.3, -0.25) is 0 Å². The van der Waals surface area contributed by atoms with Crippen molar-refractivity contribution >= 4 is 79.8 Å². The molecule has 2 nitrogen and oxygen atoms in total. The summed E-state index contributed by atoms with van der Waals surface area (Å²) in [4.78, 5) is 8.16. The van der Waals surface area contributed by atoms with Crippen LogP contribution in [-0.2, 0) is 0 Å². The zero-order valence-electron chi connectivity index (χ0n) is 7.67. The molecule has 1 aromatic heterocycles. The first kappa shape index (κ1) is 12.2. The molecule has 0 spiro atoms. The smallest absolute Gasteiger partial charge is 0.171 e. The number of aliphatic imine (C=N–C) groups is 1. The molecule has 0 N–H and O–H groups in total. The maximum absolute atomic E-state index is 6.12. The Morgan fingerprint density at radius 1 is 1.31 bits per heavy atom.